The van der Waals surface area contributed by atoms with Crippen LogP contribution in [0.1, 0.15) is 21.7 Å². The summed E-state index contributed by atoms with van der Waals surface area (Å²) in [6.07, 6.45) is 0. The number of rotatable bonds is 4. The maximum absolute atomic E-state index is 13.2. The number of carbonyl (C=O) groups excluding carboxylic acids is 1. The molecule has 0 atom stereocenters. The molecular weight excluding hydrogens is 357 g/mol. The largest absolute Gasteiger partial charge is 0.369 e. The molecule has 28 heavy (non-hydrogen) atoms. The van der Waals surface area contributed by atoms with Crippen molar-refractivity contribution in [3.63, 3.8) is 0 Å². The minimum Gasteiger partial charge on any atom is -0.369 e. The molecule has 0 spiro atoms. The highest BCUT2D eigenvalue weighted by atomic mass is 19.1. The summed E-state index contributed by atoms with van der Waals surface area (Å²) in [5, 5.41) is 13.5. The van der Waals surface area contributed by atoms with E-state index in [0.29, 0.717) is 36.6 Å². The predicted octanol–water partition coefficient (Wildman–Crippen LogP) is 3.19. The van der Waals surface area contributed by atoms with Crippen molar-refractivity contribution in [3.8, 4) is 6.07 Å². The molecule has 0 unspecified atom stereocenters. The molecule has 0 N–H and O–H groups in total. The summed E-state index contributed by atoms with van der Waals surface area (Å²) in [5.74, 6) is -0.469. The van der Waals surface area contributed by atoms with E-state index in [0.717, 1.165) is 11.4 Å². The highest BCUT2D eigenvalue weighted by Crippen LogP contribution is 2.23. The van der Waals surface area contributed by atoms with Gasteiger partial charge in [-0.2, -0.15) is 10.4 Å². The van der Waals surface area contributed by atoms with Gasteiger partial charge in [-0.15, -0.1) is 0 Å². The number of fused-ring (bicyclic) bond motifs is 1. The normalized spacial score (nSPS) is 13.2. The van der Waals surface area contributed by atoms with Crippen molar-refractivity contribution in [1.82, 2.24) is 9.78 Å². The van der Waals surface area contributed by atoms with Crippen LogP contribution in [-0.2, 0) is 13.1 Å². The number of nitriles is 1. The molecule has 0 bridgehead atoms. The van der Waals surface area contributed by atoms with Crippen LogP contribution >= 0.6 is 0 Å². The van der Waals surface area contributed by atoms with E-state index in [1.165, 1.54) is 12.1 Å². The molecule has 0 fully saturated rings. The number of hydrogen-bond donors (Lipinski definition) is 0. The first-order valence-electron chi connectivity index (χ1n) is 8.90. The van der Waals surface area contributed by atoms with Gasteiger partial charge in [-0.05, 0) is 54.6 Å². The second-order valence-corrected chi connectivity index (χ2v) is 6.69. The zero-order chi connectivity index (χ0) is 19.7. The second kappa shape index (κ2) is 7.16. The molecule has 2 aromatic carbocycles. The van der Waals surface area contributed by atoms with Gasteiger partial charge in [0.2, 0.25) is 0 Å². The Morgan fingerprint density at radius 1 is 1.14 bits per heavy atom. The lowest BCUT2D eigenvalue weighted by Crippen LogP contribution is -2.40. The molecule has 3 aromatic rings. The van der Waals surface area contributed by atoms with Gasteiger partial charge in [-0.3, -0.25) is 9.48 Å². The summed E-state index contributed by atoms with van der Waals surface area (Å²) in [5.41, 5.74) is 3.57. The minimum atomic E-state index is -0.327. The Morgan fingerprint density at radius 2 is 1.86 bits per heavy atom. The molecule has 0 saturated heterocycles. The van der Waals surface area contributed by atoms with Crippen LogP contribution in [0.4, 0.5) is 15.8 Å². The van der Waals surface area contributed by atoms with Crippen LogP contribution in [0.25, 0.3) is 0 Å². The van der Waals surface area contributed by atoms with Crippen molar-refractivity contribution in [2.75, 3.05) is 23.4 Å². The lowest BCUT2D eigenvalue weighted by atomic mass is 10.2. The van der Waals surface area contributed by atoms with Crippen LogP contribution in [0, 0.1) is 17.1 Å². The Bertz CT molecular complexity index is 1050. The summed E-state index contributed by atoms with van der Waals surface area (Å²) in [6.45, 7) is 1.61. The fourth-order valence-corrected chi connectivity index (χ4v) is 3.32. The summed E-state index contributed by atoms with van der Waals surface area (Å²) >= 11 is 0. The quantitative estimate of drug-likeness (QED) is 0.703. The van der Waals surface area contributed by atoms with Crippen molar-refractivity contribution in [1.29, 1.82) is 5.26 Å². The molecule has 0 aliphatic carbocycles. The zero-order valence-electron chi connectivity index (χ0n) is 15.3. The zero-order valence-corrected chi connectivity index (χ0v) is 15.3. The number of carbonyl (C=O) groups is 1. The fourth-order valence-electron chi connectivity index (χ4n) is 3.32. The molecular formula is C21H18FN5O. The number of nitrogens with zero attached hydrogens (tertiary/aromatic N) is 5. The van der Waals surface area contributed by atoms with Gasteiger partial charge >= 0.3 is 0 Å². The van der Waals surface area contributed by atoms with Crippen molar-refractivity contribution < 1.29 is 9.18 Å². The maximum atomic E-state index is 13.2. The van der Waals surface area contributed by atoms with Crippen molar-refractivity contribution in [2.24, 2.45) is 0 Å². The summed E-state index contributed by atoms with van der Waals surface area (Å²) in [6, 6.07) is 17.1. The summed E-state index contributed by atoms with van der Waals surface area (Å²) in [4.78, 5) is 16.5. The van der Waals surface area contributed by atoms with Gasteiger partial charge in [0.1, 0.15) is 11.5 Å². The van der Waals surface area contributed by atoms with Crippen LogP contribution in [0.3, 0.4) is 0 Å². The predicted molar refractivity (Wildman–Crippen MR) is 104 cm³/mol. The van der Waals surface area contributed by atoms with E-state index in [2.05, 4.69) is 11.2 Å². The molecule has 7 heteroatoms. The Hall–Kier alpha value is -3.66. The van der Waals surface area contributed by atoms with Crippen LogP contribution in [0.2, 0.25) is 0 Å². The first kappa shape index (κ1) is 17.7. The first-order chi connectivity index (χ1) is 13.5. The molecule has 1 amide bonds. The number of amides is 1. The van der Waals surface area contributed by atoms with Crippen LogP contribution in [-0.4, -0.2) is 29.3 Å². The number of aromatic nitrogens is 2. The summed E-state index contributed by atoms with van der Waals surface area (Å²) in [7, 11) is 1.94. The van der Waals surface area contributed by atoms with Gasteiger partial charge in [0, 0.05) is 25.0 Å². The molecule has 140 valence electrons. The van der Waals surface area contributed by atoms with Gasteiger partial charge < -0.3 is 9.80 Å². The topological polar surface area (TPSA) is 65.2 Å². The van der Waals surface area contributed by atoms with Crippen LogP contribution < -0.4 is 9.80 Å². The Balaban J connectivity index is 1.52. The smallest absolute Gasteiger partial charge is 0.276 e. The lowest BCUT2D eigenvalue weighted by Gasteiger charge is -2.27. The number of halogens is 1. The van der Waals surface area contributed by atoms with Gasteiger partial charge in [0.15, 0.2) is 0 Å². The molecule has 1 aliphatic rings. The first-order valence-corrected chi connectivity index (χ1v) is 8.90. The maximum Gasteiger partial charge on any atom is 0.276 e. The number of anilines is 2. The van der Waals surface area contributed by atoms with Crippen molar-refractivity contribution >= 4 is 17.3 Å². The van der Waals surface area contributed by atoms with Crippen molar-refractivity contribution in [2.45, 2.75) is 13.1 Å². The molecule has 4 rings (SSSR count). The Kier molecular flexibility index (Phi) is 4.53. The van der Waals surface area contributed by atoms with E-state index in [1.54, 1.807) is 39.9 Å². The fraction of sp³-hybridized carbons (Fsp3) is 0.190. The molecule has 1 aliphatic heterocycles. The highest BCUT2D eigenvalue weighted by Gasteiger charge is 2.27. The highest BCUT2D eigenvalue weighted by molar-refractivity contribution is 6.05. The molecule has 0 radical (unpaired) electrons. The standard InChI is InChI=1S/C21H18FN5O/c1-25(18-6-2-15(13-23)3-7-18)14-17-12-20-21(28)26(10-11-27(20)24-17)19-8-4-16(22)5-9-19/h2-9,12H,10-11,14H2,1H3. The van der Waals surface area contributed by atoms with Crippen LogP contribution in [0.15, 0.2) is 54.6 Å². The van der Waals surface area contributed by atoms with Crippen molar-refractivity contribution in [3.05, 3.63) is 77.4 Å². The Labute approximate surface area is 162 Å². The van der Waals surface area contributed by atoms with E-state index < -0.39 is 0 Å². The van der Waals surface area contributed by atoms with E-state index in [4.69, 9.17) is 5.26 Å². The Morgan fingerprint density at radius 3 is 2.54 bits per heavy atom. The van der Waals surface area contributed by atoms with E-state index >= 15 is 0 Å². The monoisotopic (exact) mass is 375 g/mol. The van der Waals surface area contributed by atoms with Gasteiger partial charge in [-0.1, -0.05) is 0 Å². The van der Waals surface area contributed by atoms with Crippen LogP contribution in [0.5, 0.6) is 0 Å². The van der Waals surface area contributed by atoms with Gasteiger partial charge in [0.25, 0.3) is 5.91 Å². The molecule has 2 heterocycles. The third-order valence-electron chi connectivity index (χ3n) is 4.80. The molecule has 1 aromatic heterocycles. The van der Waals surface area contributed by atoms with Gasteiger partial charge in [0.05, 0.1) is 30.4 Å². The lowest BCUT2D eigenvalue weighted by molar-refractivity contribution is 0.0962. The summed E-state index contributed by atoms with van der Waals surface area (Å²) < 4.78 is 14.9. The number of benzene rings is 2. The van der Waals surface area contributed by atoms with E-state index in [-0.39, 0.29) is 11.7 Å². The van der Waals surface area contributed by atoms with E-state index in [9.17, 15) is 9.18 Å². The molecule has 0 saturated carbocycles. The number of hydrogen-bond acceptors (Lipinski definition) is 4. The average Bonchev–Trinajstić information content (AvgIpc) is 3.13. The van der Waals surface area contributed by atoms with Gasteiger partial charge in [-0.25, -0.2) is 4.39 Å². The molecule has 6 nitrogen and oxygen atoms in total. The third kappa shape index (κ3) is 3.32. The SMILES string of the molecule is CN(Cc1cc2n(n1)CCN(c1ccc(F)cc1)C2=O)c1ccc(C#N)cc1. The van der Waals surface area contributed by atoms with E-state index in [1.807, 2.05) is 24.1 Å². The average molecular weight is 375 g/mol. The minimum absolute atomic E-state index is 0.141. The third-order valence-corrected chi connectivity index (χ3v) is 4.80. The second-order valence-electron chi connectivity index (χ2n) is 6.69.